The highest BCUT2D eigenvalue weighted by molar-refractivity contribution is 9.10. The second-order valence-corrected chi connectivity index (χ2v) is 6.31. The molecule has 0 aliphatic rings. The Morgan fingerprint density at radius 3 is 2.70 bits per heavy atom. The molecule has 1 amide bonds. The minimum atomic E-state index is -0.160. The number of carbonyl (C=O) groups is 1. The summed E-state index contributed by atoms with van der Waals surface area (Å²) < 4.78 is 2.79. The largest absolute Gasteiger partial charge is 0.339 e. The molecule has 0 aliphatic carbocycles. The summed E-state index contributed by atoms with van der Waals surface area (Å²) in [5, 5.41) is 3.49. The molecule has 1 heterocycles. The van der Waals surface area contributed by atoms with Crippen LogP contribution in [0.25, 0.3) is 0 Å². The lowest BCUT2D eigenvalue weighted by Crippen LogP contribution is -2.18. The Morgan fingerprint density at radius 1 is 1.35 bits per heavy atom. The molecule has 3 nitrogen and oxygen atoms in total. The highest BCUT2D eigenvalue weighted by atomic mass is 79.9. The standard InChI is InChI=1S/C15H16BrClN2O/c1-9(2)19-8-12(17)7-14(19)15(20)18-13-6-11(16)5-4-10(13)3/h4-9H,1-3H3,(H,18,20). The van der Waals surface area contributed by atoms with E-state index in [0.717, 1.165) is 15.7 Å². The van der Waals surface area contributed by atoms with Crippen LogP contribution in [0.2, 0.25) is 5.02 Å². The summed E-state index contributed by atoms with van der Waals surface area (Å²) in [5.41, 5.74) is 2.36. The van der Waals surface area contributed by atoms with Gasteiger partial charge in [0.1, 0.15) is 5.69 Å². The van der Waals surface area contributed by atoms with Crippen molar-refractivity contribution in [2.75, 3.05) is 5.32 Å². The zero-order chi connectivity index (χ0) is 14.9. The number of hydrogen-bond acceptors (Lipinski definition) is 1. The topological polar surface area (TPSA) is 34.0 Å². The van der Waals surface area contributed by atoms with Crippen LogP contribution in [0.5, 0.6) is 0 Å². The van der Waals surface area contributed by atoms with E-state index in [9.17, 15) is 4.79 Å². The average Bonchev–Trinajstić information content (AvgIpc) is 2.76. The van der Waals surface area contributed by atoms with Crippen molar-refractivity contribution in [1.82, 2.24) is 4.57 Å². The highest BCUT2D eigenvalue weighted by Gasteiger charge is 2.16. The van der Waals surface area contributed by atoms with Gasteiger partial charge in [-0.05, 0) is 44.5 Å². The van der Waals surface area contributed by atoms with Crippen LogP contribution in [0, 0.1) is 6.92 Å². The van der Waals surface area contributed by atoms with Crippen LogP contribution in [0.1, 0.15) is 35.9 Å². The van der Waals surface area contributed by atoms with E-state index in [0.29, 0.717) is 10.7 Å². The Balaban J connectivity index is 2.31. The number of benzene rings is 1. The van der Waals surface area contributed by atoms with Crippen molar-refractivity contribution in [3.63, 3.8) is 0 Å². The maximum atomic E-state index is 12.4. The molecule has 1 N–H and O–H groups in total. The Bertz CT molecular complexity index is 649. The van der Waals surface area contributed by atoms with Crippen molar-refractivity contribution in [1.29, 1.82) is 0 Å². The lowest BCUT2D eigenvalue weighted by Gasteiger charge is -2.14. The normalized spacial score (nSPS) is 10.9. The average molecular weight is 356 g/mol. The Hall–Kier alpha value is -1.26. The van der Waals surface area contributed by atoms with E-state index < -0.39 is 0 Å². The van der Waals surface area contributed by atoms with E-state index in [-0.39, 0.29) is 11.9 Å². The summed E-state index contributed by atoms with van der Waals surface area (Å²) in [6, 6.07) is 7.64. The molecule has 0 unspecified atom stereocenters. The molecule has 0 bridgehead atoms. The van der Waals surface area contributed by atoms with Gasteiger partial charge in [-0.3, -0.25) is 4.79 Å². The molecule has 106 valence electrons. The number of anilines is 1. The maximum Gasteiger partial charge on any atom is 0.272 e. The number of carbonyl (C=O) groups excluding carboxylic acids is 1. The Kier molecular flexibility index (Phi) is 4.55. The second kappa shape index (κ2) is 6.02. The van der Waals surface area contributed by atoms with Crippen molar-refractivity contribution in [2.45, 2.75) is 26.8 Å². The van der Waals surface area contributed by atoms with Crippen LogP contribution in [0.4, 0.5) is 5.69 Å². The molecule has 1 aromatic heterocycles. The van der Waals surface area contributed by atoms with Gasteiger partial charge in [0, 0.05) is 22.4 Å². The first-order valence-electron chi connectivity index (χ1n) is 6.33. The number of aryl methyl sites for hydroxylation is 1. The van der Waals surface area contributed by atoms with Crippen LogP contribution in [-0.4, -0.2) is 10.5 Å². The fourth-order valence-electron chi connectivity index (χ4n) is 1.97. The third-order valence-corrected chi connectivity index (χ3v) is 3.75. The lowest BCUT2D eigenvalue weighted by atomic mass is 10.2. The first-order valence-corrected chi connectivity index (χ1v) is 7.50. The van der Waals surface area contributed by atoms with Crippen LogP contribution >= 0.6 is 27.5 Å². The zero-order valence-electron chi connectivity index (χ0n) is 11.6. The number of amides is 1. The van der Waals surface area contributed by atoms with Crippen LogP contribution in [0.15, 0.2) is 34.9 Å². The molecule has 1 aromatic carbocycles. The number of nitrogens with one attached hydrogen (secondary N) is 1. The fraction of sp³-hybridized carbons (Fsp3) is 0.267. The van der Waals surface area contributed by atoms with Gasteiger partial charge in [-0.15, -0.1) is 0 Å². The third kappa shape index (κ3) is 3.25. The molecule has 0 saturated heterocycles. The summed E-state index contributed by atoms with van der Waals surface area (Å²) in [6.45, 7) is 5.98. The predicted octanol–water partition coefficient (Wildman–Crippen LogP) is 5.05. The van der Waals surface area contributed by atoms with Crippen molar-refractivity contribution in [3.05, 3.63) is 51.2 Å². The molecule has 0 fully saturated rings. The molecule has 0 saturated carbocycles. The molecule has 0 aliphatic heterocycles. The van der Waals surface area contributed by atoms with Gasteiger partial charge >= 0.3 is 0 Å². The number of aromatic nitrogens is 1. The molecule has 5 heteroatoms. The Morgan fingerprint density at radius 2 is 2.05 bits per heavy atom. The van der Waals surface area contributed by atoms with Gasteiger partial charge in [-0.25, -0.2) is 0 Å². The van der Waals surface area contributed by atoms with E-state index in [1.807, 2.05) is 43.5 Å². The molecule has 0 spiro atoms. The van der Waals surface area contributed by atoms with Gasteiger partial charge in [0.2, 0.25) is 0 Å². The van der Waals surface area contributed by atoms with Gasteiger partial charge < -0.3 is 9.88 Å². The van der Waals surface area contributed by atoms with Gasteiger partial charge in [-0.1, -0.05) is 33.6 Å². The predicted molar refractivity (Wildman–Crippen MR) is 86.7 cm³/mol. The van der Waals surface area contributed by atoms with E-state index in [2.05, 4.69) is 21.2 Å². The quantitative estimate of drug-likeness (QED) is 0.821. The van der Waals surface area contributed by atoms with Crippen molar-refractivity contribution in [3.8, 4) is 0 Å². The summed E-state index contributed by atoms with van der Waals surface area (Å²) in [4.78, 5) is 12.4. The number of halogens is 2. The van der Waals surface area contributed by atoms with Gasteiger partial charge in [0.25, 0.3) is 5.91 Å². The summed E-state index contributed by atoms with van der Waals surface area (Å²) >= 11 is 9.41. The number of rotatable bonds is 3. The summed E-state index contributed by atoms with van der Waals surface area (Å²) in [6.07, 6.45) is 1.77. The minimum absolute atomic E-state index is 0.160. The number of nitrogens with zero attached hydrogens (tertiary/aromatic N) is 1. The third-order valence-electron chi connectivity index (χ3n) is 3.05. The first kappa shape index (κ1) is 15.1. The molecular formula is C15H16BrClN2O. The smallest absolute Gasteiger partial charge is 0.272 e. The monoisotopic (exact) mass is 354 g/mol. The fourth-order valence-corrected chi connectivity index (χ4v) is 2.54. The Labute approximate surface area is 132 Å². The van der Waals surface area contributed by atoms with E-state index in [4.69, 9.17) is 11.6 Å². The van der Waals surface area contributed by atoms with E-state index in [1.54, 1.807) is 12.3 Å². The molecule has 2 aromatic rings. The van der Waals surface area contributed by atoms with E-state index in [1.165, 1.54) is 0 Å². The van der Waals surface area contributed by atoms with Gasteiger partial charge in [0.15, 0.2) is 0 Å². The van der Waals surface area contributed by atoms with E-state index >= 15 is 0 Å². The molecule has 0 radical (unpaired) electrons. The molecule has 0 atom stereocenters. The molecule has 20 heavy (non-hydrogen) atoms. The lowest BCUT2D eigenvalue weighted by molar-refractivity contribution is 0.101. The van der Waals surface area contributed by atoms with Crippen LogP contribution in [0.3, 0.4) is 0 Å². The zero-order valence-corrected chi connectivity index (χ0v) is 13.9. The summed E-state index contributed by atoms with van der Waals surface area (Å²) in [5.74, 6) is -0.160. The van der Waals surface area contributed by atoms with Crippen LogP contribution < -0.4 is 5.32 Å². The highest BCUT2D eigenvalue weighted by Crippen LogP contribution is 2.23. The minimum Gasteiger partial charge on any atom is -0.339 e. The van der Waals surface area contributed by atoms with Crippen molar-refractivity contribution < 1.29 is 4.79 Å². The maximum absolute atomic E-state index is 12.4. The van der Waals surface area contributed by atoms with Crippen molar-refractivity contribution in [2.24, 2.45) is 0 Å². The van der Waals surface area contributed by atoms with Gasteiger partial charge in [-0.2, -0.15) is 0 Å². The second-order valence-electron chi connectivity index (χ2n) is 4.96. The van der Waals surface area contributed by atoms with Gasteiger partial charge in [0.05, 0.1) is 5.02 Å². The molecule has 2 rings (SSSR count). The molecular weight excluding hydrogens is 340 g/mol. The number of hydrogen-bond donors (Lipinski definition) is 1. The first-order chi connectivity index (χ1) is 9.38. The summed E-state index contributed by atoms with van der Waals surface area (Å²) in [7, 11) is 0. The van der Waals surface area contributed by atoms with Crippen LogP contribution in [-0.2, 0) is 0 Å². The SMILES string of the molecule is Cc1ccc(Br)cc1NC(=O)c1cc(Cl)cn1C(C)C. The van der Waals surface area contributed by atoms with Crippen molar-refractivity contribution >= 4 is 39.1 Å².